The summed E-state index contributed by atoms with van der Waals surface area (Å²) in [6, 6.07) is 0. The summed E-state index contributed by atoms with van der Waals surface area (Å²) < 4.78 is 1.71. The van der Waals surface area contributed by atoms with Crippen molar-refractivity contribution in [3.8, 4) is 0 Å². The van der Waals surface area contributed by atoms with Crippen molar-refractivity contribution in [3.05, 3.63) is 14.6 Å². The monoisotopic (exact) mass is 346 g/mol. The molecule has 2 nitrogen and oxygen atoms in total. The van der Waals surface area contributed by atoms with Crippen LogP contribution in [0.15, 0.2) is 0 Å². The zero-order valence-electron chi connectivity index (χ0n) is 16.3. The van der Waals surface area contributed by atoms with Gasteiger partial charge >= 0.3 is 0 Å². The van der Waals surface area contributed by atoms with E-state index >= 15 is 0 Å². The van der Waals surface area contributed by atoms with Crippen molar-refractivity contribution in [2.45, 2.75) is 68.2 Å². The van der Waals surface area contributed by atoms with Crippen LogP contribution in [0.1, 0.15) is 66.9 Å². The van der Waals surface area contributed by atoms with Crippen LogP contribution in [0.25, 0.3) is 0 Å². The van der Waals surface area contributed by atoms with Gasteiger partial charge in [-0.25, -0.2) is 0 Å². The summed E-state index contributed by atoms with van der Waals surface area (Å²) >= 11 is 10.3. The predicted molar refractivity (Wildman–Crippen MR) is 110 cm³/mol. The summed E-state index contributed by atoms with van der Waals surface area (Å²) in [6.07, 6.45) is 2.40. The van der Waals surface area contributed by atoms with Crippen LogP contribution in [0.5, 0.6) is 0 Å². The fraction of sp³-hybridized carbons (Fsp3) is 0.778. The smallest absolute Gasteiger partial charge is 0.0795 e. The topological polar surface area (TPSA) is 15.3 Å². The van der Waals surface area contributed by atoms with Crippen LogP contribution in [-0.4, -0.2) is 31.6 Å². The summed E-state index contributed by atoms with van der Waals surface area (Å²) in [5, 5.41) is 3.37. The lowest BCUT2D eigenvalue weighted by Crippen LogP contribution is -2.19. The largest absolute Gasteiger partial charge is 0.384 e. The molecule has 1 aromatic carbocycles. The third kappa shape index (κ3) is 10.4. The molecule has 1 N–H and O–H groups in total. The minimum atomic E-state index is 0.846. The molecule has 0 amide bonds. The standard InChI is InChI=1S/C12H20N2S2.3C2H6/c1-4-14(3)8-6-5-7-13-10-9(2)11(15)12(10)16;3*1-2/h13H,4-8H2,1-3H3;3*1-2H3. The molecule has 0 spiro atoms. The van der Waals surface area contributed by atoms with Crippen molar-refractivity contribution in [1.29, 1.82) is 0 Å². The van der Waals surface area contributed by atoms with E-state index in [-0.39, 0.29) is 0 Å². The maximum Gasteiger partial charge on any atom is 0.0795 e. The van der Waals surface area contributed by atoms with E-state index in [2.05, 4.69) is 24.2 Å². The van der Waals surface area contributed by atoms with Gasteiger partial charge in [-0.05, 0) is 45.5 Å². The van der Waals surface area contributed by atoms with E-state index in [4.69, 9.17) is 24.4 Å². The highest BCUT2D eigenvalue weighted by molar-refractivity contribution is 7.74. The highest BCUT2D eigenvalue weighted by atomic mass is 32.1. The van der Waals surface area contributed by atoms with Crippen LogP contribution >= 0.6 is 24.4 Å². The van der Waals surface area contributed by atoms with Crippen molar-refractivity contribution >= 4 is 30.1 Å². The molecular weight excluding hydrogens is 308 g/mol. The first-order valence-electron chi connectivity index (χ1n) is 8.80. The van der Waals surface area contributed by atoms with Gasteiger partial charge in [0.1, 0.15) is 0 Å². The maximum atomic E-state index is 5.17. The quantitative estimate of drug-likeness (QED) is 0.444. The minimum absolute atomic E-state index is 0.846. The molecule has 0 bridgehead atoms. The molecule has 1 aromatic rings. The number of unbranched alkanes of at least 4 members (excludes halogenated alkanes) is 1. The minimum Gasteiger partial charge on any atom is -0.384 e. The Morgan fingerprint density at radius 3 is 1.82 bits per heavy atom. The number of hydrogen-bond acceptors (Lipinski definition) is 4. The van der Waals surface area contributed by atoms with Crippen LogP contribution in [0.4, 0.5) is 5.69 Å². The van der Waals surface area contributed by atoms with E-state index in [9.17, 15) is 0 Å². The summed E-state index contributed by atoms with van der Waals surface area (Å²) in [5.41, 5.74) is 2.26. The first-order chi connectivity index (χ1) is 10.6. The summed E-state index contributed by atoms with van der Waals surface area (Å²) in [7, 11) is 2.15. The fourth-order valence-corrected chi connectivity index (χ4v) is 2.18. The molecule has 0 radical (unpaired) electrons. The molecule has 0 aliphatic carbocycles. The number of hydrogen-bond donors (Lipinski definition) is 1. The lowest BCUT2D eigenvalue weighted by atomic mass is 10.1. The van der Waals surface area contributed by atoms with Crippen LogP contribution < -0.4 is 5.32 Å². The van der Waals surface area contributed by atoms with Crippen LogP contribution in [-0.2, 0) is 0 Å². The van der Waals surface area contributed by atoms with Crippen molar-refractivity contribution in [1.82, 2.24) is 4.90 Å². The molecule has 0 atom stereocenters. The number of rotatable bonds is 7. The fourth-order valence-electron chi connectivity index (χ4n) is 1.60. The summed E-state index contributed by atoms with van der Waals surface area (Å²) in [6.45, 7) is 19.5. The third-order valence-corrected chi connectivity index (χ3v) is 4.00. The van der Waals surface area contributed by atoms with E-state index in [1.165, 1.54) is 19.4 Å². The summed E-state index contributed by atoms with van der Waals surface area (Å²) in [4.78, 5) is 2.33. The Labute approximate surface area is 150 Å². The second kappa shape index (κ2) is 18.7. The Kier molecular flexibility index (Phi) is 22.6. The molecule has 0 aliphatic heterocycles. The van der Waals surface area contributed by atoms with Crippen molar-refractivity contribution in [2.24, 2.45) is 0 Å². The molecule has 0 saturated carbocycles. The first kappa shape index (κ1) is 26.6. The van der Waals surface area contributed by atoms with Crippen molar-refractivity contribution in [3.63, 3.8) is 0 Å². The van der Waals surface area contributed by atoms with Gasteiger partial charge in [0.25, 0.3) is 0 Å². The zero-order chi connectivity index (χ0) is 18.1. The van der Waals surface area contributed by atoms with Crippen LogP contribution in [0.3, 0.4) is 0 Å². The highest BCUT2D eigenvalue weighted by Gasteiger charge is 2.08. The van der Waals surface area contributed by atoms with Crippen molar-refractivity contribution in [2.75, 3.05) is 32.0 Å². The van der Waals surface area contributed by atoms with Gasteiger partial charge in [-0.3, -0.25) is 0 Å². The Balaban J connectivity index is -0.000000535. The average molecular weight is 347 g/mol. The van der Waals surface area contributed by atoms with Crippen LogP contribution in [0, 0.1) is 15.9 Å². The molecular formula is C18H38N2S2. The molecule has 0 saturated heterocycles. The second-order valence-electron chi connectivity index (χ2n) is 4.19. The molecule has 1 rings (SSSR count). The number of anilines is 1. The molecule has 22 heavy (non-hydrogen) atoms. The lowest BCUT2D eigenvalue weighted by molar-refractivity contribution is 0.345. The van der Waals surface area contributed by atoms with Gasteiger partial charge in [0.15, 0.2) is 0 Å². The SMILES string of the molecule is CC.CC.CC.CCN(C)CCCCNc1c(C)c(=S)c1=S. The normalized spacial score (nSPS) is 9.00. The number of nitrogens with zero attached hydrogens (tertiary/aromatic N) is 1. The van der Waals surface area contributed by atoms with E-state index in [0.717, 1.165) is 33.4 Å². The van der Waals surface area contributed by atoms with Crippen LogP contribution in [0.2, 0.25) is 0 Å². The molecule has 0 unspecified atom stereocenters. The molecule has 0 aromatic heterocycles. The first-order valence-corrected chi connectivity index (χ1v) is 9.62. The van der Waals surface area contributed by atoms with E-state index in [1.54, 1.807) is 0 Å². The van der Waals surface area contributed by atoms with E-state index in [0.29, 0.717) is 0 Å². The Bertz CT molecular complexity index is 407. The predicted octanol–water partition coefficient (Wildman–Crippen LogP) is 6.55. The molecule has 0 aliphatic rings. The van der Waals surface area contributed by atoms with Gasteiger partial charge in [0.05, 0.1) is 14.7 Å². The molecule has 4 heteroatoms. The maximum absolute atomic E-state index is 5.17. The van der Waals surface area contributed by atoms with Gasteiger partial charge in [0.2, 0.25) is 0 Å². The number of nitrogens with one attached hydrogen (secondary N) is 1. The Morgan fingerprint density at radius 1 is 0.909 bits per heavy atom. The molecule has 132 valence electrons. The van der Waals surface area contributed by atoms with E-state index < -0.39 is 0 Å². The molecule has 0 heterocycles. The van der Waals surface area contributed by atoms with Gasteiger partial charge < -0.3 is 10.2 Å². The average Bonchev–Trinajstić information content (AvgIpc) is 2.61. The van der Waals surface area contributed by atoms with Gasteiger partial charge in [-0.15, -0.1) is 0 Å². The lowest BCUT2D eigenvalue weighted by Gasteiger charge is -2.15. The summed E-state index contributed by atoms with van der Waals surface area (Å²) in [5.74, 6) is 0. The third-order valence-electron chi connectivity index (χ3n) is 2.96. The highest BCUT2D eigenvalue weighted by Crippen LogP contribution is 2.24. The van der Waals surface area contributed by atoms with Gasteiger partial charge in [-0.2, -0.15) is 0 Å². The van der Waals surface area contributed by atoms with Gasteiger partial charge in [-0.1, -0.05) is 72.9 Å². The van der Waals surface area contributed by atoms with E-state index in [1.807, 2.05) is 48.5 Å². The van der Waals surface area contributed by atoms with Gasteiger partial charge in [0, 0.05) is 6.54 Å². The zero-order valence-corrected chi connectivity index (χ0v) is 17.9. The Morgan fingerprint density at radius 2 is 1.41 bits per heavy atom. The Hall–Kier alpha value is -0.320. The second-order valence-corrected chi connectivity index (χ2v) is 5.00. The van der Waals surface area contributed by atoms with Crippen molar-refractivity contribution < 1.29 is 0 Å². The molecule has 0 fully saturated rings.